The maximum absolute atomic E-state index is 13.3. The summed E-state index contributed by atoms with van der Waals surface area (Å²) < 4.78 is 17.3. The van der Waals surface area contributed by atoms with Crippen LogP contribution in [-0.2, 0) is 13.1 Å². The van der Waals surface area contributed by atoms with Crippen LogP contribution in [0.25, 0.3) is 11.0 Å². The number of ketones is 1. The van der Waals surface area contributed by atoms with Crippen molar-refractivity contribution in [1.29, 1.82) is 0 Å². The number of ether oxygens (including phenoxy) is 2. The minimum atomic E-state index is -0.183. The molecule has 200 valence electrons. The minimum Gasteiger partial charge on any atom is -0.486 e. The summed E-state index contributed by atoms with van der Waals surface area (Å²) in [6.07, 6.45) is 5.65. The molecule has 8 nitrogen and oxygen atoms in total. The molecule has 10 heteroatoms. The molecule has 0 bridgehead atoms. The number of aryl methyl sites for hydroxylation is 1. The predicted octanol–water partition coefficient (Wildman–Crippen LogP) is 4.69. The zero-order chi connectivity index (χ0) is 24.5. The molecule has 38 heavy (non-hydrogen) atoms. The molecular formula is C28H30Cl2N4O4. The molecule has 1 fully saturated rings. The van der Waals surface area contributed by atoms with Gasteiger partial charge in [-0.2, -0.15) is 0 Å². The molecule has 0 atom stereocenters. The second-order valence-corrected chi connectivity index (χ2v) is 9.32. The Balaban J connectivity index is 0.00000168. The molecule has 0 N–H and O–H groups in total. The topological polar surface area (TPSA) is 80.9 Å². The van der Waals surface area contributed by atoms with Crippen molar-refractivity contribution in [2.75, 3.05) is 39.4 Å². The molecule has 1 saturated heterocycles. The third-order valence-electron chi connectivity index (χ3n) is 6.84. The van der Waals surface area contributed by atoms with Gasteiger partial charge in [0.05, 0.1) is 5.69 Å². The summed E-state index contributed by atoms with van der Waals surface area (Å²) in [6.45, 7) is 8.51. The van der Waals surface area contributed by atoms with Crippen LogP contribution < -0.4 is 9.47 Å². The summed E-state index contributed by atoms with van der Waals surface area (Å²) in [5, 5.41) is 0.946. The Morgan fingerprint density at radius 2 is 1.66 bits per heavy atom. The predicted molar refractivity (Wildman–Crippen MR) is 149 cm³/mol. The van der Waals surface area contributed by atoms with E-state index >= 15 is 0 Å². The molecule has 6 rings (SSSR count). The molecule has 3 aromatic heterocycles. The van der Waals surface area contributed by atoms with Crippen molar-refractivity contribution in [1.82, 2.24) is 19.8 Å². The highest BCUT2D eigenvalue weighted by Crippen LogP contribution is 2.33. The number of halogens is 2. The Labute approximate surface area is 233 Å². The standard InChI is InChI=1S/C28H28N4O4.2ClH/c1-19-28-23(14-26(36-28)27(33)21-4-5-24-25(13-21)35-12-11-34-24)22(16-30-19)18-32-9-7-31(8-10-32)17-20-3-2-6-29-15-20;;/h2-6,13-16H,7-12,17-18H2,1H3;2*1H. The number of carbonyl (C=O) groups is 1. The first-order valence-corrected chi connectivity index (χ1v) is 12.3. The average molecular weight is 557 g/mol. The van der Waals surface area contributed by atoms with Crippen molar-refractivity contribution in [2.24, 2.45) is 0 Å². The molecule has 2 aliphatic heterocycles. The summed E-state index contributed by atoms with van der Waals surface area (Å²) in [6, 6.07) is 11.2. The van der Waals surface area contributed by atoms with E-state index < -0.39 is 0 Å². The van der Waals surface area contributed by atoms with Gasteiger partial charge >= 0.3 is 0 Å². The first-order valence-electron chi connectivity index (χ1n) is 12.3. The largest absolute Gasteiger partial charge is 0.486 e. The molecule has 0 unspecified atom stereocenters. The lowest BCUT2D eigenvalue weighted by Gasteiger charge is -2.34. The van der Waals surface area contributed by atoms with E-state index in [2.05, 4.69) is 25.8 Å². The Bertz CT molecular complexity index is 1410. The van der Waals surface area contributed by atoms with E-state index in [-0.39, 0.29) is 30.6 Å². The van der Waals surface area contributed by atoms with Gasteiger partial charge in [-0.15, -0.1) is 24.8 Å². The lowest BCUT2D eigenvalue weighted by molar-refractivity contribution is 0.101. The molecule has 5 heterocycles. The fraction of sp³-hybridized carbons (Fsp3) is 0.321. The van der Waals surface area contributed by atoms with Gasteiger partial charge in [0.25, 0.3) is 0 Å². The van der Waals surface area contributed by atoms with Gasteiger partial charge in [-0.3, -0.25) is 24.6 Å². The number of piperazine rings is 1. The van der Waals surface area contributed by atoms with Gasteiger partial charge in [-0.05, 0) is 48.4 Å². The van der Waals surface area contributed by atoms with Gasteiger partial charge in [0.2, 0.25) is 5.78 Å². The number of hydrogen-bond acceptors (Lipinski definition) is 8. The Hall–Kier alpha value is -3.17. The van der Waals surface area contributed by atoms with Crippen LogP contribution in [-0.4, -0.2) is 64.9 Å². The zero-order valence-electron chi connectivity index (χ0n) is 21.1. The third kappa shape index (κ3) is 5.78. The number of carbonyl (C=O) groups excluding carboxylic acids is 1. The smallest absolute Gasteiger partial charge is 0.228 e. The average Bonchev–Trinajstić information content (AvgIpc) is 3.38. The fourth-order valence-corrected chi connectivity index (χ4v) is 4.86. The molecule has 4 aromatic rings. The third-order valence-corrected chi connectivity index (χ3v) is 6.84. The van der Waals surface area contributed by atoms with Crippen LogP contribution >= 0.6 is 24.8 Å². The monoisotopic (exact) mass is 556 g/mol. The zero-order valence-corrected chi connectivity index (χ0v) is 22.7. The number of rotatable bonds is 6. The first kappa shape index (κ1) is 27.9. The number of aromatic nitrogens is 2. The number of nitrogens with zero attached hydrogens (tertiary/aromatic N) is 4. The molecule has 0 aliphatic carbocycles. The van der Waals surface area contributed by atoms with Gasteiger partial charge in [-0.25, -0.2) is 0 Å². The maximum atomic E-state index is 13.3. The molecule has 0 amide bonds. The summed E-state index contributed by atoms with van der Waals surface area (Å²) in [7, 11) is 0. The van der Waals surface area contributed by atoms with Crippen LogP contribution in [0.5, 0.6) is 11.5 Å². The van der Waals surface area contributed by atoms with Crippen LogP contribution in [0.2, 0.25) is 0 Å². The maximum Gasteiger partial charge on any atom is 0.228 e. The van der Waals surface area contributed by atoms with Crippen LogP contribution in [0.4, 0.5) is 0 Å². The highest BCUT2D eigenvalue weighted by molar-refractivity contribution is 6.09. The van der Waals surface area contributed by atoms with Gasteiger partial charge in [0.15, 0.2) is 22.8 Å². The van der Waals surface area contributed by atoms with Crippen LogP contribution in [0.1, 0.15) is 32.9 Å². The van der Waals surface area contributed by atoms with E-state index in [0.29, 0.717) is 41.6 Å². The SMILES string of the molecule is Cc1ncc(CN2CCN(Cc3cccnc3)CC2)c2cc(C(=O)c3ccc4c(c3)OCCO4)oc12.Cl.Cl. The van der Waals surface area contributed by atoms with E-state index in [1.807, 2.05) is 37.6 Å². The second kappa shape index (κ2) is 12.1. The fourth-order valence-electron chi connectivity index (χ4n) is 4.86. The lowest BCUT2D eigenvalue weighted by atomic mass is 10.1. The lowest BCUT2D eigenvalue weighted by Crippen LogP contribution is -2.45. The van der Waals surface area contributed by atoms with E-state index in [1.54, 1.807) is 18.2 Å². The number of furan rings is 1. The van der Waals surface area contributed by atoms with Crippen molar-refractivity contribution in [3.05, 3.63) is 83.1 Å². The van der Waals surface area contributed by atoms with Crippen LogP contribution in [0.15, 0.2) is 59.4 Å². The van der Waals surface area contributed by atoms with Gasteiger partial charge < -0.3 is 13.9 Å². The highest BCUT2D eigenvalue weighted by atomic mass is 35.5. The molecule has 0 saturated carbocycles. The molecular weight excluding hydrogens is 527 g/mol. The number of hydrogen-bond donors (Lipinski definition) is 0. The van der Waals surface area contributed by atoms with E-state index in [0.717, 1.165) is 55.9 Å². The van der Waals surface area contributed by atoms with E-state index in [4.69, 9.17) is 13.9 Å². The number of fused-ring (bicyclic) bond motifs is 2. The van der Waals surface area contributed by atoms with Gasteiger partial charge in [0, 0.05) is 68.8 Å². The molecule has 0 spiro atoms. The Kier molecular flexibility index (Phi) is 8.89. The first-order chi connectivity index (χ1) is 17.6. The summed E-state index contributed by atoms with van der Waals surface area (Å²) in [4.78, 5) is 26.9. The van der Waals surface area contributed by atoms with Crippen molar-refractivity contribution in [2.45, 2.75) is 20.0 Å². The summed E-state index contributed by atoms with van der Waals surface area (Å²) >= 11 is 0. The number of benzene rings is 1. The number of pyridine rings is 2. The summed E-state index contributed by atoms with van der Waals surface area (Å²) in [5.74, 6) is 1.37. The van der Waals surface area contributed by atoms with Gasteiger partial charge in [-0.1, -0.05) is 6.07 Å². The van der Waals surface area contributed by atoms with Crippen molar-refractivity contribution in [3.8, 4) is 11.5 Å². The Morgan fingerprint density at radius 3 is 2.39 bits per heavy atom. The highest BCUT2D eigenvalue weighted by Gasteiger charge is 2.23. The Morgan fingerprint density at radius 1 is 0.921 bits per heavy atom. The molecule has 2 aliphatic rings. The van der Waals surface area contributed by atoms with Crippen molar-refractivity contribution >= 4 is 41.6 Å². The van der Waals surface area contributed by atoms with Gasteiger partial charge in [0.1, 0.15) is 13.2 Å². The van der Waals surface area contributed by atoms with Crippen LogP contribution in [0, 0.1) is 6.92 Å². The minimum absolute atomic E-state index is 0. The van der Waals surface area contributed by atoms with Crippen LogP contribution in [0.3, 0.4) is 0 Å². The quantitative estimate of drug-likeness (QED) is 0.316. The second-order valence-electron chi connectivity index (χ2n) is 9.32. The normalized spacial score (nSPS) is 15.5. The summed E-state index contributed by atoms with van der Waals surface area (Å²) in [5.41, 5.74) is 4.26. The molecule has 1 aromatic carbocycles. The van der Waals surface area contributed by atoms with E-state index in [1.165, 1.54) is 5.56 Å². The molecule has 0 radical (unpaired) electrons. The van der Waals surface area contributed by atoms with E-state index in [9.17, 15) is 4.79 Å². The van der Waals surface area contributed by atoms with Crippen molar-refractivity contribution in [3.63, 3.8) is 0 Å². The van der Waals surface area contributed by atoms with Crippen molar-refractivity contribution < 1.29 is 18.7 Å².